The van der Waals surface area contributed by atoms with Crippen molar-refractivity contribution in [2.75, 3.05) is 32.6 Å². The van der Waals surface area contributed by atoms with Crippen molar-refractivity contribution in [3.05, 3.63) is 0 Å². The maximum absolute atomic E-state index is 12.1. The molecule has 1 fully saturated rings. The fourth-order valence-electron chi connectivity index (χ4n) is 2.42. The molecule has 0 aromatic rings. The molecule has 3 unspecified atom stereocenters. The molecule has 0 aliphatic heterocycles. The number of nitrogens with one attached hydrogen (secondary N) is 1. The average molecular weight is 261 g/mol. The molecule has 1 saturated carbocycles. The minimum atomic E-state index is -0.606. The summed E-state index contributed by atoms with van der Waals surface area (Å²) < 4.78 is 17.0. The van der Waals surface area contributed by atoms with Gasteiger partial charge in [-0.25, -0.2) is 0 Å². The fourth-order valence-corrected chi connectivity index (χ4v) is 4.16. The molecule has 0 radical (unpaired) electrons. The first-order valence-corrected chi connectivity index (χ1v) is 8.19. The topological polar surface area (TPSA) is 38.3 Å². The van der Waals surface area contributed by atoms with Gasteiger partial charge in [-0.1, -0.05) is 19.8 Å². The van der Waals surface area contributed by atoms with Gasteiger partial charge < -0.3 is 10.1 Å². The van der Waals surface area contributed by atoms with Crippen molar-refractivity contribution in [3.63, 3.8) is 0 Å². The largest absolute Gasteiger partial charge is 0.383 e. The van der Waals surface area contributed by atoms with E-state index in [4.69, 9.17) is 4.74 Å². The van der Waals surface area contributed by atoms with Crippen LogP contribution >= 0.6 is 0 Å². The zero-order valence-corrected chi connectivity index (χ0v) is 12.1. The number of hydrogen-bond acceptors (Lipinski definition) is 3. The third kappa shape index (κ3) is 6.53. The van der Waals surface area contributed by atoms with Gasteiger partial charge in [0.25, 0.3) is 0 Å². The van der Waals surface area contributed by atoms with Crippen LogP contribution in [0.3, 0.4) is 0 Å². The Morgan fingerprint density at radius 2 is 2.18 bits per heavy atom. The van der Waals surface area contributed by atoms with Crippen molar-refractivity contribution in [1.29, 1.82) is 0 Å². The monoisotopic (exact) mass is 261 g/mol. The molecule has 0 bridgehead atoms. The summed E-state index contributed by atoms with van der Waals surface area (Å²) >= 11 is 0. The lowest BCUT2D eigenvalue weighted by molar-refractivity contribution is 0.199. The summed E-state index contributed by atoms with van der Waals surface area (Å²) in [6.45, 7) is 4.89. The Labute approximate surface area is 108 Å². The Kier molecular flexibility index (Phi) is 8.06. The van der Waals surface area contributed by atoms with Crippen LogP contribution in [0.15, 0.2) is 0 Å². The van der Waals surface area contributed by atoms with Crippen molar-refractivity contribution in [2.24, 2.45) is 5.92 Å². The zero-order valence-electron chi connectivity index (χ0n) is 11.2. The molecule has 102 valence electrons. The van der Waals surface area contributed by atoms with Gasteiger partial charge in [-0.05, 0) is 31.7 Å². The first kappa shape index (κ1) is 15.1. The van der Waals surface area contributed by atoms with Gasteiger partial charge in [-0.2, -0.15) is 0 Å². The minimum Gasteiger partial charge on any atom is -0.383 e. The van der Waals surface area contributed by atoms with Crippen molar-refractivity contribution in [3.8, 4) is 0 Å². The van der Waals surface area contributed by atoms with E-state index in [1.54, 1.807) is 7.11 Å². The lowest BCUT2D eigenvalue weighted by atomic mass is 9.91. The molecule has 17 heavy (non-hydrogen) atoms. The molecule has 1 aliphatic rings. The number of ether oxygens (including phenoxy) is 1. The van der Waals surface area contributed by atoms with Crippen LogP contribution in [0.4, 0.5) is 0 Å². The van der Waals surface area contributed by atoms with Crippen LogP contribution in [0.25, 0.3) is 0 Å². The summed E-state index contributed by atoms with van der Waals surface area (Å²) in [6.07, 6.45) is 5.95. The fraction of sp³-hybridized carbons (Fsp3) is 1.00. The molecule has 0 aromatic heterocycles. The van der Waals surface area contributed by atoms with E-state index in [-0.39, 0.29) is 0 Å². The second-order valence-corrected chi connectivity index (χ2v) is 6.91. The van der Waals surface area contributed by atoms with E-state index in [1.165, 1.54) is 25.7 Å². The number of rotatable bonds is 8. The van der Waals surface area contributed by atoms with Crippen LogP contribution < -0.4 is 5.32 Å². The van der Waals surface area contributed by atoms with Gasteiger partial charge in [-0.15, -0.1) is 0 Å². The van der Waals surface area contributed by atoms with E-state index in [9.17, 15) is 4.21 Å². The van der Waals surface area contributed by atoms with Crippen LogP contribution in [0.1, 0.15) is 39.0 Å². The summed E-state index contributed by atoms with van der Waals surface area (Å²) in [6, 6.07) is 0. The standard InChI is InChI=1S/C13H27NO2S/c1-12-5-3-6-13(11-12)17(15)10-4-7-14-8-9-16-2/h12-14H,3-11H2,1-2H3. The van der Waals surface area contributed by atoms with Crippen LogP contribution in [0.2, 0.25) is 0 Å². The third-order valence-electron chi connectivity index (χ3n) is 3.44. The average Bonchev–Trinajstić information content (AvgIpc) is 2.33. The molecule has 0 spiro atoms. The SMILES string of the molecule is COCCNCCCS(=O)C1CCCC(C)C1. The smallest absolute Gasteiger partial charge is 0.0587 e. The van der Waals surface area contributed by atoms with E-state index in [0.717, 1.165) is 37.8 Å². The first-order valence-electron chi connectivity index (χ1n) is 6.81. The van der Waals surface area contributed by atoms with Crippen molar-refractivity contribution in [2.45, 2.75) is 44.3 Å². The van der Waals surface area contributed by atoms with E-state index in [2.05, 4.69) is 12.2 Å². The van der Waals surface area contributed by atoms with E-state index in [0.29, 0.717) is 5.25 Å². The molecule has 0 amide bonds. The number of methoxy groups -OCH3 is 1. The van der Waals surface area contributed by atoms with Gasteiger partial charge in [0.05, 0.1) is 6.61 Å². The molecule has 3 atom stereocenters. The molecule has 1 rings (SSSR count). The Morgan fingerprint density at radius 3 is 2.88 bits per heavy atom. The molecule has 0 saturated heterocycles. The molecule has 4 heteroatoms. The minimum absolute atomic E-state index is 0.470. The molecule has 1 aliphatic carbocycles. The first-order chi connectivity index (χ1) is 8.24. The van der Waals surface area contributed by atoms with E-state index < -0.39 is 10.8 Å². The summed E-state index contributed by atoms with van der Waals surface area (Å²) in [5, 5.41) is 3.76. The Morgan fingerprint density at radius 1 is 1.35 bits per heavy atom. The maximum Gasteiger partial charge on any atom is 0.0587 e. The van der Waals surface area contributed by atoms with E-state index >= 15 is 0 Å². The van der Waals surface area contributed by atoms with Gasteiger partial charge in [0.1, 0.15) is 0 Å². The Bertz CT molecular complexity index is 223. The summed E-state index contributed by atoms with van der Waals surface area (Å²) in [5.41, 5.74) is 0. The van der Waals surface area contributed by atoms with Gasteiger partial charge >= 0.3 is 0 Å². The quantitative estimate of drug-likeness (QED) is 0.679. The normalized spacial score (nSPS) is 26.9. The van der Waals surface area contributed by atoms with Gasteiger partial charge in [0, 0.05) is 35.5 Å². The van der Waals surface area contributed by atoms with Gasteiger partial charge in [-0.3, -0.25) is 4.21 Å². The summed E-state index contributed by atoms with van der Waals surface area (Å²) in [7, 11) is 1.10. The Hall–Kier alpha value is 0.0700. The number of hydrogen-bond donors (Lipinski definition) is 1. The van der Waals surface area contributed by atoms with Crippen molar-refractivity contribution >= 4 is 10.8 Å². The van der Waals surface area contributed by atoms with E-state index in [1.807, 2.05) is 0 Å². The second kappa shape index (κ2) is 9.06. The highest BCUT2D eigenvalue weighted by Crippen LogP contribution is 2.27. The van der Waals surface area contributed by atoms with Crippen molar-refractivity contribution < 1.29 is 8.95 Å². The predicted molar refractivity (Wildman–Crippen MR) is 73.8 cm³/mol. The summed E-state index contributed by atoms with van der Waals surface area (Å²) in [4.78, 5) is 0. The zero-order chi connectivity index (χ0) is 12.5. The Balaban J connectivity index is 2.04. The lowest BCUT2D eigenvalue weighted by Crippen LogP contribution is -2.27. The van der Waals surface area contributed by atoms with Crippen LogP contribution in [-0.2, 0) is 15.5 Å². The summed E-state index contributed by atoms with van der Waals surface area (Å²) in [5.74, 6) is 1.63. The second-order valence-electron chi connectivity index (χ2n) is 5.08. The molecule has 0 heterocycles. The highest BCUT2D eigenvalue weighted by atomic mass is 32.2. The predicted octanol–water partition coefficient (Wildman–Crippen LogP) is 1.94. The maximum atomic E-state index is 12.1. The highest BCUT2D eigenvalue weighted by molar-refractivity contribution is 7.85. The van der Waals surface area contributed by atoms with Crippen molar-refractivity contribution in [1.82, 2.24) is 5.32 Å². The van der Waals surface area contributed by atoms with Crippen LogP contribution in [-0.4, -0.2) is 42.0 Å². The van der Waals surface area contributed by atoms with Gasteiger partial charge in [0.2, 0.25) is 0 Å². The highest BCUT2D eigenvalue weighted by Gasteiger charge is 2.23. The molecule has 0 aromatic carbocycles. The van der Waals surface area contributed by atoms with Crippen LogP contribution in [0.5, 0.6) is 0 Å². The molecular weight excluding hydrogens is 234 g/mol. The van der Waals surface area contributed by atoms with Crippen LogP contribution in [0, 0.1) is 5.92 Å². The van der Waals surface area contributed by atoms with Gasteiger partial charge in [0.15, 0.2) is 0 Å². The molecular formula is C13H27NO2S. The molecule has 3 nitrogen and oxygen atoms in total. The lowest BCUT2D eigenvalue weighted by Gasteiger charge is -2.26. The molecule has 1 N–H and O–H groups in total. The third-order valence-corrected chi connectivity index (χ3v) is 5.30.